The molecule has 1 N–H and O–H groups in total. The first-order valence-corrected chi connectivity index (χ1v) is 11.0. The molecular formula is C25H22ClF2N3O3. The molecule has 6 nitrogen and oxygen atoms in total. The molecule has 0 saturated carbocycles. The molecule has 0 bridgehead atoms. The molecular weight excluding hydrogens is 464 g/mol. The number of carbonyl (C=O) groups excluding carboxylic acids is 2. The number of nitrogens with one attached hydrogen (secondary N) is 1. The largest absolute Gasteiger partial charge is 0.481 e. The molecule has 34 heavy (non-hydrogen) atoms. The first-order chi connectivity index (χ1) is 16.2. The van der Waals surface area contributed by atoms with Crippen LogP contribution in [0.1, 0.15) is 16.8 Å². The van der Waals surface area contributed by atoms with Gasteiger partial charge in [-0.3, -0.25) is 9.59 Å². The Morgan fingerprint density at radius 1 is 1.12 bits per heavy atom. The number of rotatable bonds is 5. The Kier molecular flexibility index (Phi) is 6.79. The number of ether oxygens (including phenoxy) is 1. The summed E-state index contributed by atoms with van der Waals surface area (Å²) in [5.41, 5.74) is 1.86. The average molecular weight is 486 g/mol. The molecule has 1 aliphatic heterocycles. The SMILES string of the molecule is COc1cccc(-c2cccc(C(=O)N3CC(C(=O)Nc4cccc(Cl)c4)CC(F)(F)C3)c2)n1. The predicted octanol–water partition coefficient (Wildman–Crippen LogP) is 5.15. The molecule has 2 amide bonds. The monoisotopic (exact) mass is 485 g/mol. The second kappa shape index (κ2) is 9.77. The van der Waals surface area contributed by atoms with Crippen molar-refractivity contribution in [2.45, 2.75) is 12.3 Å². The highest BCUT2D eigenvalue weighted by atomic mass is 35.5. The van der Waals surface area contributed by atoms with E-state index in [2.05, 4.69) is 10.3 Å². The molecule has 0 aliphatic carbocycles. The molecule has 2 aromatic carbocycles. The number of anilines is 1. The minimum atomic E-state index is -3.20. The molecule has 1 unspecified atom stereocenters. The molecule has 1 aromatic heterocycles. The number of likely N-dealkylation sites (tertiary alicyclic amines) is 1. The van der Waals surface area contributed by atoms with Gasteiger partial charge < -0.3 is 15.0 Å². The van der Waals surface area contributed by atoms with E-state index < -0.39 is 36.6 Å². The molecule has 4 rings (SSSR count). The van der Waals surface area contributed by atoms with Crippen molar-refractivity contribution in [3.63, 3.8) is 0 Å². The summed E-state index contributed by atoms with van der Waals surface area (Å²) in [6.45, 7) is -0.878. The number of halogens is 3. The van der Waals surface area contributed by atoms with Gasteiger partial charge in [-0.2, -0.15) is 0 Å². The molecule has 1 fully saturated rings. The summed E-state index contributed by atoms with van der Waals surface area (Å²) in [6.07, 6.45) is -0.642. The third-order valence-electron chi connectivity index (χ3n) is 5.50. The number of alkyl halides is 2. The lowest BCUT2D eigenvalue weighted by Crippen LogP contribution is -2.52. The molecule has 1 aliphatic rings. The number of methoxy groups -OCH3 is 1. The summed E-state index contributed by atoms with van der Waals surface area (Å²) in [4.78, 5) is 31.3. The summed E-state index contributed by atoms with van der Waals surface area (Å²) >= 11 is 5.93. The number of benzene rings is 2. The Morgan fingerprint density at radius 2 is 1.88 bits per heavy atom. The number of carbonyl (C=O) groups is 2. The maximum Gasteiger partial charge on any atom is 0.266 e. The summed E-state index contributed by atoms with van der Waals surface area (Å²) in [5, 5.41) is 3.03. The number of hydrogen-bond donors (Lipinski definition) is 1. The lowest BCUT2D eigenvalue weighted by molar-refractivity contribution is -0.130. The molecule has 1 saturated heterocycles. The van der Waals surface area contributed by atoms with Crippen LogP contribution < -0.4 is 10.1 Å². The van der Waals surface area contributed by atoms with Crippen molar-refractivity contribution in [2.75, 3.05) is 25.5 Å². The zero-order valence-corrected chi connectivity index (χ0v) is 19.1. The third-order valence-corrected chi connectivity index (χ3v) is 5.73. The van der Waals surface area contributed by atoms with Crippen molar-refractivity contribution in [2.24, 2.45) is 5.92 Å². The lowest BCUT2D eigenvalue weighted by Gasteiger charge is -2.37. The summed E-state index contributed by atoms with van der Waals surface area (Å²) < 4.78 is 34.2. The minimum Gasteiger partial charge on any atom is -0.481 e. The first kappa shape index (κ1) is 23.6. The van der Waals surface area contributed by atoms with Gasteiger partial charge in [0.1, 0.15) is 0 Å². The fourth-order valence-electron chi connectivity index (χ4n) is 3.92. The molecule has 1 atom stereocenters. The molecule has 0 radical (unpaired) electrons. The number of amides is 2. The Balaban J connectivity index is 1.53. The van der Waals surface area contributed by atoms with Gasteiger partial charge in [-0.05, 0) is 36.4 Å². The van der Waals surface area contributed by atoms with Gasteiger partial charge in [0.2, 0.25) is 11.8 Å². The number of hydrogen-bond acceptors (Lipinski definition) is 4. The topological polar surface area (TPSA) is 71.5 Å². The standard InChI is InChI=1S/C25H22ClF2N3O3/c1-34-22-10-4-9-21(30-22)16-5-2-6-17(11-16)24(33)31-14-18(13-25(27,28)15-31)23(32)29-20-8-3-7-19(26)12-20/h2-12,18H,13-15H2,1H3,(H,29,32). The van der Waals surface area contributed by atoms with Crippen molar-refractivity contribution in [3.05, 3.63) is 77.3 Å². The van der Waals surface area contributed by atoms with Gasteiger partial charge in [-0.25, -0.2) is 13.8 Å². The molecule has 9 heteroatoms. The van der Waals surface area contributed by atoms with Gasteiger partial charge in [-0.1, -0.05) is 35.9 Å². The smallest absolute Gasteiger partial charge is 0.266 e. The summed E-state index contributed by atoms with van der Waals surface area (Å²) in [6, 6.07) is 18.2. The van der Waals surface area contributed by atoms with Gasteiger partial charge >= 0.3 is 0 Å². The Hall–Kier alpha value is -3.52. The van der Waals surface area contributed by atoms with E-state index in [4.69, 9.17) is 16.3 Å². The highest BCUT2D eigenvalue weighted by Crippen LogP contribution is 2.32. The van der Waals surface area contributed by atoms with Crippen molar-refractivity contribution >= 4 is 29.1 Å². The van der Waals surface area contributed by atoms with E-state index in [1.807, 2.05) is 0 Å². The van der Waals surface area contributed by atoms with E-state index in [0.29, 0.717) is 27.8 Å². The van der Waals surface area contributed by atoms with Gasteiger partial charge in [0.25, 0.3) is 11.8 Å². The zero-order chi connectivity index (χ0) is 24.3. The predicted molar refractivity (Wildman–Crippen MR) is 125 cm³/mol. The molecule has 3 aromatic rings. The van der Waals surface area contributed by atoms with Crippen LogP contribution in [0.5, 0.6) is 5.88 Å². The Morgan fingerprint density at radius 3 is 2.65 bits per heavy atom. The van der Waals surface area contributed by atoms with E-state index in [1.54, 1.807) is 60.7 Å². The molecule has 2 heterocycles. The molecule has 0 spiro atoms. The maximum atomic E-state index is 14.6. The van der Waals surface area contributed by atoms with Crippen molar-refractivity contribution in [1.82, 2.24) is 9.88 Å². The van der Waals surface area contributed by atoms with Gasteiger partial charge in [0, 0.05) is 40.9 Å². The number of pyridine rings is 1. The Bertz CT molecular complexity index is 1220. The lowest BCUT2D eigenvalue weighted by atomic mass is 9.93. The van der Waals surface area contributed by atoms with E-state index in [1.165, 1.54) is 13.2 Å². The average Bonchev–Trinajstić information content (AvgIpc) is 2.82. The van der Waals surface area contributed by atoms with Crippen LogP contribution in [0.25, 0.3) is 11.3 Å². The fraction of sp³-hybridized carbons (Fsp3) is 0.240. The Labute approximate surface area is 200 Å². The van der Waals surface area contributed by atoms with Gasteiger partial charge in [0.15, 0.2) is 0 Å². The van der Waals surface area contributed by atoms with Crippen LogP contribution in [0.4, 0.5) is 14.5 Å². The summed E-state index contributed by atoms with van der Waals surface area (Å²) in [5.74, 6) is -5.03. The van der Waals surface area contributed by atoms with Crippen molar-refractivity contribution in [3.8, 4) is 17.1 Å². The zero-order valence-electron chi connectivity index (χ0n) is 18.3. The summed E-state index contributed by atoms with van der Waals surface area (Å²) in [7, 11) is 1.50. The van der Waals surface area contributed by atoms with Crippen LogP contribution in [0, 0.1) is 5.92 Å². The van der Waals surface area contributed by atoms with Crippen LogP contribution in [0.15, 0.2) is 66.7 Å². The highest BCUT2D eigenvalue weighted by molar-refractivity contribution is 6.30. The third kappa shape index (κ3) is 5.51. The highest BCUT2D eigenvalue weighted by Gasteiger charge is 2.44. The van der Waals surface area contributed by atoms with Crippen molar-refractivity contribution in [1.29, 1.82) is 0 Å². The maximum absolute atomic E-state index is 14.6. The van der Waals surface area contributed by atoms with Crippen LogP contribution in [-0.2, 0) is 4.79 Å². The van der Waals surface area contributed by atoms with Gasteiger partial charge in [-0.15, -0.1) is 0 Å². The van der Waals surface area contributed by atoms with E-state index in [-0.39, 0.29) is 12.1 Å². The van der Waals surface area contributed by atoms with Crippen LogP contribution in [0.2, 0.25) is 5.02 Å². The van der Waals surface area contributed by atoms with E-state index in [0.717, 1.165) is 4.90 Å². The first-order valence-electron chi connectivity index (χ1n) is 10.6. The van der Waals surface area contributed by atoms with Crippen molar-refractivity contribution < 1.29 is 23.1 Å². The second-order valence-electron chi connectivity index (χ2n) is 8.09. The molecule has 176 valence electrons. The fourth-order valence-corrected chi connectivity index (χ4v) is 4.11. The minimum absolute atomic E-state index is 0.123. The quantitative estimate of drug-likeness (QED) is 0.542. The van der Waals surface area contributed by atoms with Gasteiger partial charge in [0.05, 0.1) is 25.3 Å². The number of piperidine rings is 1. The van der Waals surface area contributed by atoms with Crippen LogP contribution >= 0.6 is 11.6 Å². The van der Waals surface area contributed by atoms with Crippen LogP contribution in [0.3, 0.4) is 0 Å². The second-order valence-corrected chi connectivity index (χ2v) is 8.52. The normalized spacial score (nSPS) is 17.2. The van der Waals surface area contributed by atoms with Crippen LogP contribution in [-0.4, -0.2) is 47.8 Å². The number of aromatic nitrogens is 1. The number of nitrogens with zero attached hydrogens (tertiary/aromatic N) is 2. The van der Waals surface area contributed by atoms with E-state index >= 15 is 0 Å². The van der Waals surface area contributed by atoms with E-state index in [9.17, 15) is 18.4 Å².